The zero-order valence-electron chi connectivity index (χ0n) is 17.2. The molecule has 0 radical (unpaired) electrons. The summed E-state index contributed by atoms with van der Waals surface area (Å²) in [5.74, 6) is -0.767. The Morgan fingerprint density at radius 1 is 1.16 bits per heavy atom. The van der Waals surface area contributed by atoms with Gasteiger partial charge < -0.3 is 9.80 Å². The summed E-state index contributed by atoms with van der Waals surface area (Å²) in [4.78, 5) is 21.2. The van der Waals surface area contributed by atoms with E-state index in [1.165, 1.54) is 29.5 Å². The Bertz CT molecular complexity index is 1310. The van der Waals surface area contributed by atoms with Gasteiger partial charge in [0.05, 0.1) is 27.8 Å². The lowest BCUT2D eigenvalue weighted by Crippen LogP contribution is -2.49. The highest BCUT2D eigenvalue weighted by Gasteiger charge is 2.27. The molecule has 1 aromatic heterocycles. The normalized spacial score (nSPS) is 14.3. The molecular weight excluding hydrogens is 451 g/mol. The van der Waals surface area contributed by atoms with Gasteiger partial charge in [-0.1, -0.05) is 0 Å². The van der Waals surface area contributed by atoms with Crippen LogP contribution in [0.1, 0.15) is 15.9 Å². The van der Waals surface area contributed by atoms with E-state index >= 15 is 0 Å². The van der Waals surface area contributed by atoms with Crippen molar-refractivity contribution in [3.05, 3.63) is 64.9 Å². The molecule has 1 saturated heterocycles. The van der Waals surface area contributed by atoms with Crippen LogP contribution in [0.25, 0.3) is 10.6 Å². The second kappa shape index (κ2) is 8.68. The molecule has 3 aromatic rings. The molecule has 7 nitrogen and oxygen atoms in total. The molecule has 0 unspecified atom stereocenters. The first-order chi connectivity index (χ1) is 15.3. The fraction of sp³-hybridized carbons (Fsp3) is 0.227. The molecule has 0 bridgehead atoms. The van der Waals surface area contributed by atoms with Crippen molar-refractivity contribution in [1.29, 1.82) is 5.26 Å². The first-order valence-corrected chi connectivity index (χ1v) is 12.5. The second-order valence-electron chi connectivity index (χ2n) is 7.37. The van der Waals surface area contributed by atoms with Gasteiger partial charge in [0.15, 0.2) is 9.84 Å². The number of sulfone groups is 1. The number of carbonyl (C=O) groups excluding carboxylic acids is 1. The van der Waals surface area contributed by atoms with Gasteiger partial charge in [-0.2, -0.15) is 5.26 Å². The van der Waals surface area contributed by atoms with E-state index in [1.807, 2.05) is 11.0 Å². The molecule has 1 fully saturated rings. The summed E-state index contributed by atoms with van der Waals surface area (Å²) < 4.78 is 38.5. The van der Waals surface area contributed by atoms with Crippen LogP contribution in [0, 0.1) is 17.1 Å². The van der Waals surface area contributed by atoms with E-state index in [0.29, 0.717) is 42.4 Å². The summed E-state index contributed by atoms with van der Waals surface area (Å²) in [6.45, 7) is 1.51. The van der Waals surface area contributed by atoms with Crippen LogP contribution in [0.4, 0.5) is 10.1 Å². The number of nitrogens with zero attached hydrogens (tertiary/aromatic N) is 4. The first-order valence-electron chi connectivity index (χ1n) is 9.76. The highest BCUT2D eigenvalue weighted by atomic mass is 32.2. The maximum atomic E-state index is 14.4. The molecule has 2 heterocycles. The molecular formula is C22H19FN4O3S2. The van der Waals surface area contributed by atoms with Crippen molar-refractivity contribution in [2.24, 2.45) is 0 Å². The summed E-state index contributed by atoms with van der Waals surface area (Å²) in [6, 6.07) is 10.7. The van der Waals surface area contributed by atoms with Gasteiger partial charge >= 0.3 is 0 Å². The van der Waals surface area contributed by atoms with Crippen LogP contribution in [-0.4, -0.2) is 56.6 Å². The van der Waals surface area contributed by atoms with Gasteiger partial charge in [-0.25, -0.2) is 17.8 Å². The number of hydrogen-bond acceptors (Lipinski definition) is 7. The van der Waals surface area contributed by atoms with Gasteiger partial charge in [0.25, 0.3) is 5.91 Å². The van der Waals surface area contributed by atoms with Gasteiger partial charge in [-0.15, -0.1) is 11.3 Å². The fourth-order valence-corrected chi connectivity index (χ4v) is 4.95. The van der Waals surface area contributed by atoms with Crippen molar-refractivity contribution in [2.75, 3.05) is 37.3 Å². The molecule has 0 N–H and O–H groups in total. The number of nitriles is 1. The third-order valence-electron chi connectivity index (χ3n) is 5.30. The number of amides is 1. The van der Waals surface area contributed by atoms with Crippen LogP contribution >= 0.6 is 11.3 Å². The van der Waals surface area contributed by atoms with Gasteiger partial charge in [-0.3, -0.25) is 4.79 Å². The van der Waals surface area contributed by atoms with Crippen molar-refractivity contribution in [1.82, 2.24) is 9.88 Å². The van der Waals surface area contributed by atoms with Crippen molar-refractivity contribution in [3.63, 3.8) is 0 Å². The Labute approximate surface area is 189 Å². The molecule has 32 heavy (non-hydrogen) atoms. The van der Waals surface area contributed by atoms with Crippen molar-refractivity contribution in [3.8, 4) is 16.6 Å². The smallest absolute Gasteiger partial charge is 0.254 e. The summed E-state index contributed by atoms with van der Waals surface area (Å²) in [5, 5.41) is 11.3. The Kier molecular flexibility index (Phi) is 5.95. The van der Waals surface area contributed by atoms with Crippen LogP contribution in [0.2, 0.25) is 0 Å². The minimum Gasteiger partial charge on any atom is -0.366 e. The molecule has 164 valence electrons. The quantitative estimate of drug-likeness (QED) is 0.581. The molecule has 0 aliphatic carbocycles. The number of piperazine rings is 1. The number of benzene rings is 2. The molecule has 1 aliphatic heterocycles. The number of aromatic nitrogens is 1. The van der Waals surface area contributed by atoms with Gasteiger partial charge in [0.1, 0.15) is 10.8 Å². The highest BCUT2D eigenvalue weighted by Crippen LogP contribution is 2.30. The van der Waals surface area contributed by atoms with Crippen molar-refractivity contribution >= 4 is 32.8 Å². The lowest BCUT2D eigenvalue weighted by molar-refractivity contribution is 0.0747. The molecule has 10 heteroatoms. The van der Waals surface area contributed by atoms with Crippen LogP contribution < -0.4 is 4.90 Å². The van der Waals surface area contributed by atoms with Gasteiger partial charge in [-0.05, 0) is 36.4 Å². The van der Waals surface area contributed by atoms with E-state index < -0.39 is 15.7 Å². The number of hydrogen-bond donors (Lipinski definition) is 0. The summed E-state index contributed by atoms with van der Waals surface area (Å²) in [7, 11) is -3.49. The van der Waals surface area contributed by atoms with E-state index in [4.69, 9.17) is 5.26 Å². The average molecular weight is 471 g/mol. The summed E-state index contributed by atoms with van der Waals surface area (Å²) in [6.07, 6.45) is 2.73. The van der Waals surface area contributed by atoms with Crippen molar-refractivity contribution < 1.29 is 17.6 Å². The number of halogens is 1. The first kappa shape index (κ1) is 21.9. The van der Waals surface area contributed by atoms with E-state index in [-0.39, 0.29) is 21.9 Å². The topological polar surface area (TPSA) is 94.4 Å². The van der Waals surface area contributed by atoms with E-state index in [0.717, 1.165) is 6.26 Å². The number of anilines is 1. The minimum atomic E-state index is -3.49. The SMILES string of the molecule is CS(=O)(=O)c1ccc(-c2nccs2)c(C(=O)N2CCN(c3ccc(C#N)cc3F)CC2)c1. The predicted molar refractivity (Wildman–Crippen MR) is 120 cm³/mol. The minimum absolute atomic E-state index is 0.0689. The predicted octanol–water partition coefficient (Wildman–Crippen LogP) is 3.19. The van der Waals surface area contributed by atoms with Crippen LogP contribution in [-0.2, 0) is 9.84 Å². The average Bonchev–Trinajstić information content (AvgIpc) is 3.32. The lowest BCUT2D eigenvalue weighted by atomic mass is 10.1. The van der Waals surface area contributed by atoms with Gasteiger partial charge in [0.2, 0.25) is 0 Å². The summed E-state index contributed by atoms with van der Waals surface area (Å²) in [5.41, 5.74) is 1.50. The fourth-order valence-electron chi connectivity index (χ4n) is 3.63. The molecule has 0 atom stereocenters. The van der Waals surface area contributed by atoms with E-state index in [9.17, 15) is 17.6 Å². The molecule has 1 amide bonds. The zero-order chi connectivity index (χ0) is 22.9. The largest absolute Gasteiger partial charge is 0.366 e. The molecule has 0 saturated carbocycles. The van der Waals surface area contributed by atoms with Crippen molar-refractivity contribution in [2.45, 2.75) is 4.90 Å². The second-order valence-corrected chi connectivity index (χ2v) is 10.3. The molecule has 0 spiro atoms. The standard InChI is InChI=1S/C22H19FN4O3S2/c1-32(29,30)16-3-4-17(21-25-6-11-31-21)18(13-16)22(28)27-9-7-26(8-10-27)20-5-2-15(14-24)12-19(20)23/h2-6,11-13H,7-10H2,1H3. The molecule has 1 aliphatic rings. The monoisotopic (exact) mass is 470 g/mol. The number of carbonyl (C=O) groups is 1. The molecule has 2 aromatic carbocycles. The Balaban J connectivity index is 1.58. The zero-order valence-corrected chi connectivity index (χ0v) is 18.8. The van der Waals surface area contributed by atoms with Crippen LogP contribution in [0.15, 0.2) is 52.9 Å². The maximum absolute atomic E-state index is 14.4. The summed E-state index contributed by atoms with van der Waals surface area (Å²) >= 11 is 1.37. The maximum Gasteiger partial charge on any atom is 0.254 e. The third kappa shape index (κ3) is 4.35. The Morgan fingerprint density at radius 2 is 1.91 bits per heavy atom. The molecule has 4 rings (SSSR count). The third-order valence-corrected chi connectivity index (χ3v) is 7.21. The van der Waals surface area contributed by atoms with Crippen LogP contribution in [0.5, 0.6) is 0 Å². The van der Waals surface area contributed by atoms with E-state index in [1.54, 1.807) is 34.7 Å². The Hall–Kier alpha value is -3.29. The van der Waals surface area contributed by atoms with Crippen LogP contribution in [0.3, 0.4) is 0 Å². The van der Waals surface area contributed by atoms with E-state index in [2.05, 4.69) is 4.98 Å². The number of thiazole rings is 1. The highest BCUT2D eigenvalue weighted by molar-refractivity contribution is 7.90. The lowest BCUT2D eigenvalue weighted by Gasteiger charge is -2.36. The number of rotatable bonds is 4. The Morgan fingerprint density at radius 3 is 2.50 bits per heavy atom. The van der Waals surface area contributed by atoms with Gasteiger partial charge in [0, 0.05) is 49.6 Å².